The lowest BCUT2D eigenvalue weighted by Gasteiger charge is -2.44. The number of aliphatic hydroxyl groups is 1. The Balaban J connectivity index is 2.03. The van der Waals surface area contributed by atoms with Crippen molar-refractivity contribution in [2.24, 2.45) is 5.73 Å². The number of hydrogen-bond acceptors (Lipinski definition) is 3. The molecule has 2 aliphatic rings. The van der Waals surface area contributed by atoms with E-state index in [1.807, 2.05) is 0 Å². The van der Waals surface area contributed by atoms with Crippen LogP contribution in [0.25, 0.3) is 0 Å². The minimum absolute atomic E-state index is 0.179. The fourth-order valence-electron chi connectivity index (χ4n) is 1.98. The van der Waals surface area contributed by atoms with Crippen LogP contribution >= 0.6 is 0 Å². The molecule has 0 aromatic rings. The third-order valence-electron chi connectivity index (χ3n) is 2.73. The molecule has 1 saturated carbocycles. The van der Waals surface area contributed by atoms with Gasteiger partial charge in [-0.05, 0) is 31.3 Å². The van der Waals surface area contributed by atoms with Crippen molar-refractivity contribution in [3.8, 4) is 0 Å². The maximum atomic E-state index is 9.98. The van der Waals surface area contributed by atoms with Gasteiger partial charge in [-0.25, -0.2) is 0 Å². The lowest BCUT2D eigenvalue weighted by atomic mass is 9.70. The molecule has 68 valence electrons. The van der Waals surface area contributed by atoms with Gasteiger partial charge in [-0.2, -0.15) is 0 Å². The van der Waals surface area contributed by atoms with Crippen molar-refractivity contribution in [1.29, 1.82) is 0 Å². The maximum Gasteiger partial charge on any atom is 0.0918 e. The number of ether oxygens (including phenoxy) is 1. The first-order chi connectivity index (χ1) is 5.71. The van der Waals surface area contributed by atoms with E-state index in [2.05, 4.69) is 0 Å². The van der Waals surface area contributed by atoms with E-state index in [1.54, 1.807) is 6.26 Å². The highest BCUT2D eigenvalue weighted by atomic mass is 16.5. The van der Waals surface area contributed by atoms with Crippen molar-refractivity contribution in [3.05, 3.63) is 11.8 Å². The first-order valence-corrected chi connectivity index (χ1v) is 4.50. The van der Waals surface area contributed by atoms with E-state index in [-0.39, 0.29) is 6.04 Å². The molecular formula is C9H15NO2. The maximum absolute atomic E-state index is 9.98. The molecule has 0 aromatic carbocycles. The minimum atomic E-state index is -0.625. The molecule has 0 bridgehead atoms. The smallest absolute Gasteiger partial charge is 0.0918 e. The molecule has 0 atom stereocenters. The van der Waals surface area contributed by atoms with Gasteiger partial charge in [0.2, 0.25) is 0 Å². The molecule has 0 radical (unpaired) electrons. The third-order valence-corrected chi connectivity index (χ3v) is 2.73. The van der Waals surface area contributed by atoms with Gasteiger partial charge in [0, 0.05) is 6.04 Å². The monoisotopic (exact) mass is 169 g/mol. The molecule has 0 unspecified atom stereocenters. The third kappa shape index (κ3) is 1.23. The summed E-state index contributed by atoms with van der Waals surface area (Å²) in [5.74, 6) is 0. The van der Waals surface area contributed by atoms with Gasteiger partial charge < -0.3 is 15.6 Å². The molecule has 2 rings (SSSR count). The molecule has 1 fully saturated rings. The minimum Gasteiger partial charge on any atom is -0.501 e. The summed E-state index contributed by atoms with van der Waals surface area (Å²) in [7, 11) is 0. The van der Waals surface area contributed by atoms with Gasteiger partial charge in [0.25, 0.3) is 0 Å². The SMILES string of the molecule is NC1CC(O)(C2=COCCC2)C1. The molecule has 1 heterocycles. The summed E-state index contributed by atoms with van der Waals surface area (Å²) in [6, 6.07) is 0.179. The largest absolute Gasteiger partial charge is 0.501 e. The lowest BCUT2D eigenvalue weighted by molar-refractivity contribution is -0.0212. The summed E-state index contributed by atoms with van der Waals surface area (Å²) < 4.78 is 5.18. The van der Waals surface area contributed by atoms with Crippen LogP contribution in [0.1, 0.15) is 25.7 Å². The van der Waals surface area contributed by atoms with E-state index in [0.29, 0.717) is 12.8 Å². The molecule has 0 amide bonds. The standard InChI is InChI=1S/C9H15NO2/c10-8-4-9(11,5-8)7-2-1-3-12-6-7/h6,8,11H,1-5,10H2. The number of hydrogen-bond donors (Lipinski definition) is 2. The Labute approximate surface area is 72.2 Å². The Hall–Kier alpha value is -0.540. The van der Waals surface area contributed by atoms with Crippen LogP contribution in [0.4, 0.5) is 0 Å². The van der Waals surface area contributed by atoms with Crippen LogP contribution in [0.3, 0.4) is 0 Å². The van der Waals surface area contributed by atoms with E-state index in [0.717, 1.165) is 25.0 Å². The van der Waals surface area contributed by atoms with Gasteiger partial charge in [-0.3, -0.25) is 0 Å². The zero-order valence-corrected chi connectivity index (χ0v) is 7.12. The fourth-order valence-corrected chi connectivity index (χ4v) is 1.98. The Morgan fingerprint density at radius 3 is 2.83 bits per heavy atom. The molecule has 1 aliphatic heterocycles. The summed E-state index contributed by atoms with van der Waals surface area (Å²) >= 11 is 0. The predicted octanol–water partition coefficient (Wildman–Crippen LogP) is 0.533. The zero-order valence-electron chi connectivity index (χ0n) is 7.12. The van der Waals surface area contributed by atoms with E-state index >= 15 is 0 Å². The van der Waals surface area contributed by atoms with Crippen molar-refractivity contribution in [3.63, 3.8) is 0 Å². The van der Waals surface area contributed by atoms with Crippen molar-refractivity contribution in [1.82, 2.24) is 0 Å². The van der Waals surface area contributed by atoms with Gasteiger partial charge in [0.1, 0.15) is 0 Å². The van der Waals surface area contributed by atoms with Crippen LogP contribution in [-0.2, 0) is 4.74 Å². The highest BCUT2D eigenvalue weighted by Crippen LogP contribution is 2.40. The van der Waals surface area contributed by atoms with Crippen LogP contribution in [0, 0.1) is 0 Å². The number of nitrogens with two attached hydrogens (primary N) is 1. The Morgan fingerprint density at radius 1 is 1.58 bits per heavy atom. The summed E-state index contributed by atoms with van der Waals surface area (Å²) in [4.78, 5) is 0. The second-order valence-corrected chi connectivity index (χ2v) is 3.82. The molecule has 3 N–H and O–H groups in total. The quantitative estimate of drug-likeness (QED) is 0.602. The van der Waals surface area contributed by atoms with Crippen molar-refractivity contribution < 1.29 is 9.84 Å². The van der Waals surface area contributed by atoms with Crippen LogP contribution in [0.5, 0.6) is 0 Å². The summed E-state index contributed by atoms with van der Waals surface area (Å²) in [5, 5.41) is 9.98. The Kier molecular flexibility index (Phi) is 1.85. The molecule has 12 heavy (non-hydrogen) atoms. The van der Waals surface area contributed by atoms with E-state index in [4.69, 9.17) is 10.5 Å². The second kappa shape index (κ2) is 2.75. The fraction of sp³-hybridized carbons (Fsp3) is 0.778. The van der Waals surface area contributed by atoms with Gasteiger partial charge in [0.15, 0.2) is 0 Å². The van der Waals surface area contributed by atoms with Gasteiger partial charge in [-0.15, -0.1) is 0 Å². The molecule has 3 nitrogen and oxygen atoms in total. The van der Waals surface area contributed by atoms with Gasteiger partial charge in [0.05, 0.1) is 18.5 Å². The summed E-state index contributed by atoms with van der Waals surface area (Å²) in [6.07, 6.45) is 5.09. The van der Waals surface area contributed by atoms with Crippen molar-refractivity contribution in [2.45, 2.75) is 37.3 Å². The predicted molar refractivity (Wildman–Crippen MR) is 45.4 cm³/mol. The molecule has 0 saturated heterocycles. The Morgan fingerprint density at radius 2 is 2.33 bits per heavy atom. The highest BCUT2D eigenvalue weighted by molar-refractivity contribution is 5.22. The normalized spacial score (nSPS) is 41.2. The van der Waals surface area contributed by atoms with E-state index in [9.17, 15) is 5.11 Å². The molecule has 3 heteroatoms. The Bertz CT molecular complexity index is 207. The van der Waals surface area contributed by atoms with Crippen molar-refractivity contribution in [2.75, 3.05) is 6.61 Å². The van der Waals surface area contributed by atoms with Gasteiger partial charge >= 0.3 is 0 Å². The molecule has 0 aromatic heterocycles. The van der Waals surface area contributed by atoms with E-state index in [1.165, 1.54) is 0 Å². The summed E-state index contributed by atoms with van der Waals surface area (Å²) in [6.45, 7) is 0.783. The van der Waals surface area contributed by atoms with Gasteiger partial charge in [-0.1, -0.05) is 0 Å². The first kappa shape index (κ1) is 8.08. The topological polar surface area (TPSA) is 55.5 Å². The zero-order chi connectivity index (χ0) is 8.60. The first-order valence-electron chi connectivity index (χ1n) is 4.50. The van der Waals surface area contributed by atoms with Crippen LogP contribution in [-0.4, -0.2) is 23.4 Å². The number of rotatable bonds is 1. The average molecular weight is 169 g/mol. The molecular weight excluding hydrogens is 154 g/mol. The lowest BCUT2D eigenvalue weighted by Crippen LogP contribution is -2.52. The van der Waals surface area contributed by atoms with Crippen molar-refractivity contribution >= 4 is 0 Å². The van der Waals surface area contributed by atoms with Crippen LogP contribution in [0.2, 0.25) is 0 Å². The molecule has 1 aliphatic carbocycles. The summed E-state index contributed by atoms with van der Waals surface area (Å²) in [5.41, 5.74) is 6.05. The second-order valence-electron chi connectivity index (χ2n) is 3.82. The highest BCUT2D eigenvalue weighted by Gasteiger charge is 2.44. The van der Waals surface area contributed by atoms with Crippen LogP contribution in [0.15, 0.2) is 11.8 Å². The van der Waals surface area contributed by atoms with E-state index < -0.39 is 5.60 Å². The van der Waals surface area contributed by atoms with Crippen LogP contribution < -0.4 is 5.73 Å². The average Bonchev–Trinajstić information content (AvgIpc) is 2.04. The molecule has 0 spiro atoms.